The minimum absolute atomic E-state index is 0.327. The summed E-state index contributed by atoms with van der Waals surface area (Å²) in [4.78, 5) is 0. The minimum Gasteiger partial charge on any atom is -0.385 e. The molecule has 0 saturated carbocycles. The average molecular weight is 384 g/mol. The fourth-order valence-electron chi connectivity index (χ4n) is 3.00. The molecule has 0 radical (unpaired) electrons. The van der Waals surface area contributed by atoms with Crippen molar-refractivity contribution in [3.63, 3.8) is 0 Å². The fourth-order valence-corrected chi connectivity index (χ4v) is 3.00. The first-order valence-corrected chi connectivity index (χ1v) is 10.4. The van der Waals surface area contributed by atoms with Crippen LogP contribution in [0.25, 0.3) is 0 Å². The van der Waals surface area contributed by atoms with E-state index in [2.05, 4.69) is 69.3 Å². The second kappa shape index (κ2) is 17.3. The van der Waals surface area contributed by atoms with Gasteiger partial charge in [0, 0.05) is 20.1 Å². The Balaban J connectivity index is 5.26. The van der Waals surface area contributed by atoms with Crippen LogP contribution in [0.3, 0.4) is 0 Å². The molecule has 0 aliphatic heterocycles. The standard InChI is InChI=1S/C26H41NO/c1-8-10-11-15-25(16-13-20-28-7)21-22(3)17-18-26(23(4)9-2)24(5)14-12-19-27-6/h8-9,17-18,21-22,24,27H,1-2,10,12-14,16,19-20H2,3-7H3/b18-17-,25-21-,26-23+/t22?,24-/m0/s1. The van der Waals surface area contributed by atoms with E-state index in [4.69, 9.17) is 4.74 Å². The summed E-state index contributed by atoms with van der Waals surface area (Å²) in [7, 11) is 3.75. The molecule has 2 nitrogen and oxygen atoms in total. The fraction of sp³-hybridized carbons (Fsp3) is 0.538. The van der Waals surface area contributed by atoms with Crippen molar-refractivity contribution in [1.29, 1.82) is 0 Å². The van der Waals surface area contributed by atoms with E-state index in [1.54, 1.807) is 7.11 Å². The lowest BCUT2D eigenvalue weighted by atomic mass is 9.90. The quantitative estimate of drug-likeness (QED) is 0.166. The van der Waals surface area contributed by atoms with E-state index in [9.17, 15) is 0 Å². The molecule has 2 heteroatoms. The topological polar surface area (TPSA) is 21.3 Å². The molecule has 0 rings (SSSR count). The number of rotatable bonds is 14. The third kappa shape index (κ3) is 12.5. The normalized spacial score (nSPS) is 14.8. The van der Waals surface area contributed by atoms with Crippen molar-refractivity contribution in [2.24, 2.45) is 11.8 Å². The first kappa shape index (κ1) is 26.2. The summed E-state index contributed by atoms with van der Waals surface area (Å²) < 4.78 is 5.18. The van der Waals surface area contributed by atoms with Crippen LogP contribution in [0, 0.1) is 23.7 Å². The van der Waals surface area contributed by atoms with Gasteiger partial charge >= 0.3 is 0 Å². The Morgan fingerprint density at radius 3 is 2.57 bits per heavy atom. The van der Waals surface area contributed by atoms with Crippen LogP contribution >= 0.6 is 0 Å². The summed E-state index contributed by atoms with van der Waals surface area (Å²) in [6.07, 6.45) is 15.7. The molecule has 156 valence electrons. The molecule has 1 unspecified atom stereocenters. The molecule has 1 N–H and O–H groups in total. The van der Waals surface area contributed by atoms with Crippen molar-refractivity contribution >= 4 is 0 Å². The van der Waals surface area contributed by atoms with Crippen LogP contribution in [-0.4, -0.2) is 27.3 Å². The van der Waals surface area contributed by atoms with E-state index < -0.39 is 0 Å². The molecule has 0 bridgehead atoms. The van der Waals surface area contributed by atoms with Crippen molar-refractivity contribution in [3.05, 3.63) is 60.3 Å². The molecule has 0 spiro atoms. The van der Waals surface area contributed by atoms with Crippen LogP contribution < -0.4 is 5.32 Å². The molecular weight excluding hydrogens is 342 g/mol. The largest absolute Gasteiger partial charge is 0.385 e. The SMILES string of the molecule is C=CCC#C/C(=C/C(C)/C=C\C(=C(\C)C=C)[C@@H](C)CCCNC)CCCOC. The van der Waals surface area contributed by atoms with Gasteiger partial charge in [0.2, 0.25) is 0 Å². The summed E-state index contributed by atoms with van der Waals surface area (Å²) in [6, 6.07) is 0. The summed E-state index contributed by atoms with van der Waals surface area (Å²) in [5.41, 5.74) is 3.82. The zero-order chi connectivity index (χ0) is 21.2. The number of methoxy groups -OCH3 is 1. The number of hydrogen-bond acceptors (Lipinski definition) is 2. The average Bonchev–Trinajstić information content (AvgIpc) is 2.68. The predicted octanol–water partition coefficient (Wildman–Crippen LogP) is 6.25. The van der Waals surface area contributed by atoms with E-state index in [0.717, 1.165) is 32.4 Å². The van der Waals surface area contributed by atoms with Gasteiger partial charge in [-0.15, -0.1) is 6.58 Å². The lowest BCUT2D eigenvalue weighted by molar-refractivity contribution is 0.195. The lowest BCUT2D eigenvalue weighted by Gasteiger charge is -2.16. The molecule has 0 aromatic heterocycles. The van der Waals surface area contributed by atoms with Crippen LogP contribution in [-0.2, 0) is 4.74 Å². The van der Waals surface area contributed by atoms with Crippen molar-refractivity contribution in [1.82, 2.24) is 5.32 Å². The Morgan fingerprint density at radius 2 is 1.96 bits per heavy atom. The molecule has 0 heterocycles. The van der Waals surface area contributed by atoms with Gasteiger partial charge in [-0.3, -0.25) is 0 Å². The van der Waals surface area contributed by atoms with E-state index >= 15 is 0 Å². The van der Waals surface area contributed by atoms with E-state index in [0.29, 0.717) is 11.8 Å². The van der Waals surface area contributed by atoms with Crippen LogP contribution in [0.2, 0.25) is 0 Å². The monoisotopic (exact) mass is 383 g/mol. The molecule has 0 saturated heterocycles. The van der Waals surface area contributed by atoms with E-state index in [1.807, 2.05) is 19.2 Å². The number of ether oxygens (including phenoxy) is 1. The molecule has 0 aromatic carbocycles. The third-order valence-electron chi connectivity index (χ3n) is 4.69. The van der Waals surface area contributed by atoms with Crippen molar-refractivity contribution < 1.29 is 4.74 Å². The Kier molecular flexibility index (Phi) is 16.2. The summed E-state index contributed by atoms with van der Waals surface area (Å²) in [6.45, 7) is 16.2. The highest BCUT2D eigenvalue weighted by Gasteiger charge is 2.09. The Morgan fingerprint density at radius 1 is 1.21 bits per heavy atom. The Hall–Kier alpha value is -1.82. The minimum atomic E-state index is 0.327. The zero-order valence-corrected chi connectivity index (χ0v) is 18.8. The number of allylic oxidation sites excluding steroid dienone is 8. The van der Waals surface area contributed by atoms with Crippen molar-refractivity contribution in [2.45, 2.75) is 52.9 Å². The summed E-state index contributed by atoms with van der Waals surface area (Å²) in [5, 5.41) is 3.23. The van der Waals surface area contributed by atoms with Crippen LogP contribution in [0.15, 0.2) is 60.3 Å². The van der Waals surface area contributed by atoms with Crippen LogP contribution in [0.5, 0.6) is 0 Å². The summed E-state index contributed by atoms with van der Waals surface area (Å²) >= 11 is 0. The second-order valence-corrected chi connectivity index (χ2v) is 7.29. The first-order chi connectivity index (χ1) is 13.5. The molecule has 2 atom stereocenters. The second-order valence-electron chi connectivity index (χ2n) is 7.29. The Bertz CT molecular complexity index is 598. The molecule has 0 aliphatic carbocycles. The highest BCUT2D eigenvalue weighted by Crippen LogP contribution is 2.23. The van der Waals surface area contributed by atoms with E-state index in [-0.39, 0.29) is 0 Å². The van der Waals surface area contributed by atoms with Gasteiger partial charge in [0.1, 0.15) is 0 Å². The highest BCUT2D eigenvalue weighted by atomic mass is 16.5. The predicted molar refractivity (Wildman–Crippen MR) is 125 cm³/mol. The van der Waals surface area contributed by atoms with Gasteiger partial charge in [0.15, 0.2) is 0 Å². The zero-order valence-electron chi connectivity index (χ0n) is 18.8. The third-order valence-corrected chi connectivity index (χ3v) is 4.69. The van der Waals surface area contributed by atoms with Gasteiger partial charge in [0.05, 0.1) is 0 Å². The van der Waals surface area contributed by atoms with Gasteiger partial charge in [-0.05, 0) is 74.8 Å². The molecule has 0 aliphatic rings. The van der Waals surface area contributed by atoms with Gasteiger partial charge < -0.3 is 10.1 Å². The first-order valence-electron chi connectivity index (χ1n) is 10.4. The number of nitrogens with one attached hydrogen (secondary N) is 1. The molecule has 0 fully saturated rings. The molecule has 0 aromatic rings. The van der Waals surface area contributed by atoms with Gasteiger partial charge in [-0.25, -0.2) is 0 Å². The lowest BCUT2D eigenvalue weighted by Crippen LogP contribution is -2.10. The number of hydrogen-bond donors (Lipinski definition) is 1. The highest BCUT2D eigenvalue weighted by molar-refractivity contribution is 5.34. The summed E-state index contributed by atoms with van der Waals surface area (Å²) in [5.74, 6) is 7.33. The maximum absolute atomic E-state index is 5.18. The molecular formula is C26H41NO. The van der Waals surface area contributed by atoms with Gasteiger partial charge in [0.25, 0.3) is 0 Å². The maximum atomic E-state index is 5.18. The van der Waals surface area contributed by atoms with Crippen LogP contribution in [0.1, 0.15) is 52.9 Å². The maximum Gasteiger partial charge on any atom is 0.0465 e. The van der Waals surface area contributed by atoms with Gasteiger partial charge in [-0.2, -0.15) is 0 Å². The van der Waals surface area contributed by atoms with Crippen molar-refractivity contribution in [3.8, 4) is 11.8 Å². The molecule has 28 heavy (non-hydrogen) atoms. The van der Waals surface area contributed by atoms with Gasteiger partial charge in [-0.1, -0.05) is 62.6 Å². The van der Waals surface area contributed by atoms with Crippen LogP contribution in [0.4, 0.5) is 0 Å². The smallest absolute Gasteiger partial charge is 0.0465 e. The van der Waals surface area contributed by atoms with E-state index in [1.165, 1.54) is 29.6 Å². The van der Waals surface area contributed by atoms with Crippen molar-refractivity contribution in [2.75, 3.05) is 27.3 Å². The molecule has 0 amide bonds. The Labute approximate surface area is 174 Å².